The van der Waals surface area contributed by atoms with Crippen molar-refractivity contribution in [3.63, 3.8) is 0 Å². The topological polar surface area (TPSA) is 21.3 Å². The van der Waals surface area contributed by atoms with Crippen LogP contribution in [-0.2, 0) is 16.9 Å². The van der Waals surface area contributed by atoms with Gasteiger partial charge in [0, 0.05) is 35.3 Å². The monoisotopic (exact) mass is 285 g/mol. The van der Waals surface area contributed by atoms with Gasteiger partial charge < -0.3 is 10.1 Å². The summed E-state index contributed by atoms with van der Waals surface area (Å²) in [5.41, 5.74) is 1.59. The van der Waals surface area contributed by atoms with Crippen molar-refractivity contribution < 1.29 is 4.74 Å². The van der Waals surface area contributed by atoms with Crippen LogP contribution in [0.15, 0.2) is 6.07 Å². The molecule has 1 unspecified atom stereocenters. The van der Waals surface area contributed by atoms with E-state index in [2.05, 4.69) is 30.2 Å². The van der Waals surface area contributed by atoms with E-state index in [4.69, 9.17) is 4.74 Å². The Morgan fingerprint density at radius 1 is 1.44 bits per heavy atom. The van der Waals surface area contributed by atoms with Gasteiger partial charge in [0.05, 0.1) is 0 Å². The normalized spacial score (nSPS) is 16.6. The average molecular weight is 285 g/mol. The Balaban J connectivity index is 1.92. The summed E-state index contributed by atoms with van der Waals surface area (Å²) in [4.78, 5) is 3.16. The van der Waals surface area contributed by atoms with Gasteiger partial charge in [0.2, 0.25) is 0 Å². The maximum Gasteiger partial charge on any atom is 0.0462 e. The second kappa shape index (κ2) is 7.53. The molecule has 0 bridgehead atoms. The number of unbranched alkanes of at least 4 members (excludes halogenated alkanes) is 1. The second-order valence-electron chi connectivity index (χ2n) is 4.73. The van der Waals surface area contributed by atoms with E-state index in [1.807, 2.05) is 11.3 Å². The highest BCUT2D eigenvalue weighted by atomic mass is 32.2. The van der Waals surface area contributed by atoms with E-state index in [1.54, 1.807) is 17.6 Å². The number of aryl methyl sites for hydroxylation is 1. The minimum atomic E-state index is 0.530. The third-order valence-corrected chi connectivity index (χ3v) is 5.79. The molecular formula is C14H23NOS2. The molecule has 1 aromatic rings. The minimum absolute atomic E-state index is 0.530. The van der Waals surface area contributed by atoms with Crippen LogP contribution in [0, 0.1) is 0 Å². The Labute approximate surface area is 119 Å². The van der Waals surface area contributed by atoms with E-state index in [-0.39, 0.29) is 0 Å². The van der Waals surface area contributed by atoms with Gasteiger partial charge in [0.15, 0.2) is 0 Å². The zero-order valence-corrected chi connectivity index (χ0v) is 13.0. The van der Waals surface area contributed by atoms with Gasteiger partial charge in [-0.3, -0.25) is 0 Å². The molecule has 1 N–H and O–H groups in total. The largest absolute Gasteiger partial charge is 0.385 e. The lowest BCUT2D eigenvalue weighted by molar-refractivity contribution is 0.191. The number of hydrogen-bond acceptors (Lipinski definition) is 4. The molecule has 0 saturated carbocycles. The van der Waals surface area contributed by atoms with Crippen LogP contribution in [0.4, 0.5) is 0 Å². The molecule has 0 aromatic carbocycles. The van der Waals surface area contributed by atoms with Crippen LogP contribution in [0.25, 0.3) is 0 Å². The zero-order valence-electron chi connectivity index (χ0n) is 11.3. The Morgan fingerprint density at radius 2 is 2.33 bits per heavy atom. The molecule has 2 nitrogen and oxygen atoms in total. The van der Waals surface area contributed by atoms with Gasteiger partial charge in [-0.25, -0.2) is 0 Å². The number of hydrogen-bond donors (Lipinski definition) is 1. The summed E-state index contributed by atoms with van der Waals surface area (Å²) >= 11 is 4.09. The molecule has 1 aliphatic heterocycles. The van der Waals surface area contributed by atoms with E-state index in [9.17, 15) is 0 Å². The number of ether oxygens (including phenoxy) is 1. The Morgan fingerprint density at radius 3 is 3.06 bits per heavy atom. The van der Waals surface area contributed by atoms with Crippen LogP contribution in [0.2, 0.25) is 0 Å². The summed E-state index contributed by atoms with van der Waals surface area (Å²) in [7, 11) is 3.86. The molecule has 0 aliphatic carbocycles. The Kier molecular flexibility index (Phi) is 6.02. The maximum atomic E-state index is 5.11. The average Bonchev–Trinajstić information content (AvgIpc) is 2.82. The Hall–Kier alpha value is -0.0300. The molecule has 0 fully saturated rings. The molecule has 0 amide bonds. The first-order valence-electron chi connectivity index (χ1n) is 6.70. The van der Waals surface area contributed by atoms with Crippen LogP contribution in [0.1, 0.15) is 40.6 Å². The molecule has 1 atom stereocenters. The highest BCUT2D eigenvalue weighted by molar-refractivity contribution is 7.98. The Bertz CT molecular complexity index is 341. The molecule has 2 heterocycles. The fraction of sp³-hybridized carbons (Fsp3) is 0.714. The van der Waals surface area contributed by atoms with Crippen LogP contribution >= 0.6 is 23.1 Å². The lowest BCUT2D eigenvalue weighted by Crippen LogP contribution is -2.15. The third-order valence-electron chi connectivity index (χ3n) is 3.43. The summed E-state index contributed by atoms with van der Waals surface area (Å²) in [5.74, 6) is 2.51. The fourth-order valence-corrected chi connectivity index (χ4v) is 4.89. The second-order valence-corrected chi connectivity index (χ2v) is 7.00. The zero-order chi connectivity index (χ0) is 12.8. The summed E-state index contributed by atoms with van der Waals surface area (Å²) in [6.07, 6.45) is 4.88. The molecule has 4 heteroatoms. The molecule has 1 aromatic heterocycles. The fourth-order valence-electron chi connectivity index (χ4n) is 2.37. The number of thioether (sulfide) groups is 1. The highest BCUT2D eigenvalue weighted by Gasteiger charge is 2.18. The van der Waals surface area contributed by atoms with E-state index in [0.717, 1.165) is 13.0 Å². The molecule has 0 spiro atoms. The molecular weight excluding hydrogens is 262 g/mol. The third kappa shape index (κ3) is 3.73. The van der Waals surface area contributed by atoms with Gasteiger partial charge in [-0.05, 0) is 50.1 Å². The predicted octanol–water partition coefficient (Wildman–Crippen LogP) is 3.61. The molecule has 0 radical (unpaired) electrons. The van der Waals surface area contributed by atoms with E-state index < -0.39 is 0 Å². The number of methoxy groups -OCH3 is 1. The lowest BCUT2D eigenvalue weighted by atomic mass is 10.1. The summed E-state index contributed by atoms with van der Waals surface area (Å²) < 4.78 is 5.11. The number of rotatable bonds is 7. The van der Waals surface area contributed by atoms with Gasteiger partial charge in [0.25, 0.3) is 0 Å². The standard InChI is InChI=1S/C14H23NOS2/c1-15-12(5-3-4-7-16-2)14-9-11-10-17-8-6-13(11)18-14/h9,12,15H,3-8,10H2,1-2H3. The molecule has 102 valence electrons. The van der Waals surface area contributed by atoms with Crippen molar-refractivity contribution in [3.8, 4) is 0 Å². The number of fused-ring (bicyclic) bond motifs is 1. The van der Waals surface area contributed by atoms with Crippen molar-refractivity contribution in [1.82, 2.24) is 5.32 Å². The quantitative estimate of drug-likeness (QED) is 0.773. The minimum Gasteiger partial charge on any atom is -0.385 e. The summed E-state index contributed by atoms with van der Waals surface area (Å²) in [5, 5.41) is 3.47. The van der Waals surface area contributed by atoms with E-state index >= 15 is 0 Å². The molecule has 0 saturated heterocycles. The van der Waals surface area contributed by atoms with Gasteiger partial charge in [0.1, 0.15) is 0 Å². The molecule has 2 rings (SSSR count). The van der Waals surface area contributed by atoms with Crippen molar-refractivity contribution in [1.29, 1.82) is 0 Å². The van der Waals surface area contributed by atoms with Crippen LogP contribution in [0.3, 0.4) is 0 Å². The van der Waals surface area contributed by atoms with Gasteiger partial charge >= 0.3 is 0 Å². The van der Waals surface area contributed by atoms with E-state index in [1.165, 1.54) is 35.6 Å². The van der Waals surface area contributed by atoms with Crippen LogP contribution < -0.4 is 5.32 Å². The predicted molar refractivity (Wildman–Crippen MR) is 81.7 cm³/mol. The van der Waals surface area contributed by atoms with Crippen molar-refractivity contribution in [2.24, 2.45) is 0 Å². The number of thiophene rings is 1. The smallest absolute Gasteiger partial charge is 0.0462 e. The maximum absolute atomic E-state index is 5.11. The molecule has 1 aliphatic rings. The van der Waals surface area contributed by atoms with Gasteiger partial charge in [-0.1, -0.05) is 0 Å². The van der Waals surface area contributed by atoms with Crippen molar-refractivity contribution in [3.05, 3.63) is 21.4 Å². The highest BCUT2D eigenvalue weighted by Crippen LogP contribution is 2.35. The van der Waals surface area contributed by atoms with Crippen molar-refractivity contribution >= 4 is 23.1 Å². The van der Waals surface area contributed by atoms with Gasteiger partial charge in [-0.15, -0.1) is 11.3 Å². The number of nitrogens with one attached hydrogen (secondary N) is 1. The SMILES string of the molecule is CNC(CCCCOC)c1cc2c(s1)CCSC2. The first-order chi connectivity index (χ1) is 8.85. The van der Waals surface area contributed by atoms with Crippen molar-refractivity contribution in [2.45, 2.75) is 37.5 Å². The molecule has 18 heavy (non-hydrogen) atoms. The van der Waals surface area contributed by atoms with Crippen LogP contribution in [0.5, 0.6) is 0 Å². The van der Waals surface area contributed by atoms with E-state index in [0.29, 0.717) is 6.04 Å². The summed E-state index contributed by atoms with van der Waals surface area (Å²) in [6.45, 7) is 0.883. The summed E-state index contributed by atoms with van der Waals surface area (Å²) in [6, 6.07) is 2.96. The first-order valence-corrected chi connectivity index (χ1v) is 8.67. The van der Waals surface area contributed by atoms with Crippen LogP contribution in [-0.4, -0.2) is 26.5 Å². The van der Waals surface area contributed by atoms with Gasteiger partial charge in [-0.2, -0.15) is 11.8 Å². The lowest BCUT2D eigenvalue weighted by Gasteiger charge is -2.14. The first kappa shape index (κ1) is 14.4. The van der Waals surface area contributed by atoms with Crippen molar-refractivity contribution in [2.75, 3.05) is 26.5 Å².